The van der Waals surface area contributed by atoms with Crippen molar-refractivity contribution in [3.63, 3.8) is 0 Å². The summed E-state index contributed by atoms with van der Waals surface area (Å²) in [6.07, 6.45) is 0.680. The van der Waals surface area contributed by atoms with Crippen LogP contribution in [0.1, 0.15) is 27.2 Å². The first kappa shape index (κ1) is 13.0. The van der Waals surface area contributed by atoms with Crippen molar-refractivity contribution in [1.29, 1.82) is 0 Å². The first-order valence-electron chi connectivity index (χ1n) is 5.61. The molecule has 0 aliphatic heterocycles. The van der Waals surface area contributed by atoms with Crippen LogP contribution in [0.5, 0.6) is 0 Å². The number of benzene rings is 1. The van der Waals surface area contributed by atoms with E-state index in [1.807, 2.05) is 20.8 Å². The zero-order chi connectivity index (χ0) is 13.4. The normalized spacial score (nSPS) is 13.1. The van der Waals surface area contributed by atoms with Crippen LogP contribution in [0.2, 0.25) is 0 Å². The Labute approximate surface area is 105 Å². The third-order valence-corrected chi connectivity index (χ3v) is 4.56. The van der Waals surface area contributed by atoms with E-state index in [9.17, 15) is 8.42 Å². The molecule has 1 N–H and O–H groups in total. The summed E-state index contributed by atoms with van der Waals surface area (Å²) in [5.74, 6) is 0. The van der Waals surface area contributed by atoms with Crippen LogP contribution >= 0.6 is 0 Å². The van der Waals surface area contributed by atoms with Crippen LogP contribution in [0.25, 0.3) is 11.0 Å². The summed E-state index contributed by atoms with van der Waals surface area (Å²) in [7, 11) is -3.64. The van der Waals surface area contributed by atoms with Crippen molar-refractivity contribution in [3.05, 3.63) is 18.2 Å². The predicted octanol–water partition coefficient (Wildman–Crippen LogP) is 1.69. The van der Waals surface area contributed by atoms with Gasteiger partial charge in [-0.2, -0.15) is 0 Å². The number of nitrogens with one attached hydrogen (secondary N) is 1. The Morgan fingerprint density at radius 3 is 2.72 bits per heavy atom. The maximum Gasteiger partial charge on any atom is 0.243 e. The summed E-state index contributed by atoms with van der Waals surface area (Å²) >= 11 is 0. The molecule has 1 aromatic heterocycles. The van der Waals surface area contributed by atoms with Gasteiger partial charge in [0.1, 0.15) is 10.4 Å². The Bertz CT molecular complexity index is 661. The van der Waals surface area contributed by atoms with Crippen molar-refractivity contribution in [1.82, 2.24) is 15.0 Å². The highest BCUT2D eigenvalue weighted by Gasteiger charge is 2.27. The summed E-state index contributed by atoms with van der Waals surface area (Å²) in [5, 5.41) is 7.27. The molecule has 0 bridgehead atoms. The summed E-state index contributed by atoms with van der Waals surface area (Å²) in [5.41, 5.74) is 0.155. The molecule has 0 aliphatic rings. The molecule has 1 aromatic carbocycles. The summed E-state index contributed by atoms with van der Waals surface area (Å²) in [4.78, 5) is 0.0859. The highest BCUT2D eigenvalue weighted by molar-refractivity contribution is 7.89. The smallest absolute Gasteiger partial charge is 0.243 e. The Kier molecular flexibility index (Phi) is 3.12. The molecule has 2 rings (SSSR count). The van der Waals surface area contributed by atoms with Gasteiger partial charge in [0.15, 0.2) is 5.52 Å². The molecular formula is C11H15N3O3S. The van der Waals surface area contributed by atoms with Crippen molar-refractivity contribution in [2.75, 3.05) is 0 Å². The Balaban J connectivity index is 2.51. The van der Waals surface area contributed by atoms with Gasteiger partial charge in [-0.3, -0.25) is 0 Å². The van der Waals surface area contributed by atoms with E-state index < -0.39 is 15.6 Å². The molecule has 0 unspecified atom stereocenters. The van der Waals surface area contributed by atoms with Gasteiger partial charge in [0.05, 0.1) is 0 Å². The quantitative estimate of drug-likeness (QED) is 0.912. The highest BCUT2D eigenvalue weighted by atomic mass is 32.2. The standard InChI is InChI=1S/C11H15N3O3S/c1-4-11(2,3)14-18(15,16)9-7-5-6-8-10(9)13-17-12-8/h5-7,14H,4H2,1-3H3. The third-order valence-electron chi connectivity index (χ3n) is 2.83. The van der Waals surface area contributed by atoms with Crippen LogP contribution in [-0.4, -0.2) is 24.3 Å². The van der Waals surface area contributed by atoms with E-state index in [4.69, 9.17) is 0 Å². The number of fused-ring (bicyclic) bond motifs is 1. The van der Waals surface area contributed by atoms with Gasteiger partial charge >= 0.3 is 0 Å². The zero-order valence-electron chi connectivity index (χ0n) is 10.5. The topological polar surface area (TPSA) is 85.1 Å². The van der Waals surface area contributed by atoms with Crippen LogP contribution in [0.15, 0.2) is 27.7 Å². The molecule has 7 heteroatoms. The van der Waals surface area contributed by atoms with Crippen LogP contribution in [-0.2, 0) is 10.0 Å². The molecular weight excluding hydrogens is 254 g/mol. The fourth-order valence-electron chi connectivity index (χ4n) is 1.49. The molecule has 0 saturated carbocycles. The first-order valence-corrected chi connectivity index (χ1v) is 7.09. The molecule has 2 aromatic rings. The lowest BCUT2D eigenvalue weighted by Crippen LogP contribution is -2.42. The molecule has 0 saturated heterocycles. The van der Waals surface area contributed by atoms with E-state index in [0.717, 1.165) is 0 Å². The van der Waals surface area contributed by atoms with Gasteiger partial charge in [-0.1, -0.05) is 13.0 Å². The highest BCUT2D eigenvalue weighted by Crippen LogP contribution is 2.21. The molecule has 98 valence electrons. The average Bonchev–Trinajstić information content (AvgIpc) is 2.75. The number of hydrogen-bond donors (Lipinski definition) is 1. The molecule has 0 aliphatic carbocycles. The largest absolute Gasteiger partial charge is 0.243 e. The number of hydrogen-bond acceptors (Lipinski definition) is 5. The monoisotopic (exact) mass is 269 g/mol. The fraction of sp³-hybridized carbons (Fsp3) is 0.455. The summed E-state index contributed by atoms with van der Waals surface area (Å²) in [6, 6.07) is 4.75. The molecule has 1 heterocycles. The summed E-state index contributed by atoms with van der Waals surface area (Å²) < 4.78 is 31.8. The maximum absolute atomic E-state index is 12.3. The first-order chi connectivity index (χ1) is 8.36. The van der Waals surface area contributed by atoms with Crippen molar-refractivity contribution in [3.8, 4) is 0 Å². The van der Waals surface area contributed by atoms with Gasteiger partial charge in [-0.25, -0.2) is 17.8 Å². The van der Waals surface area contributed by atoms with Crippen LogP contribution in [0.4, 0.5) is 0 Å². The van der Waals surface area contributed by atoms with Crippen molar-refractivity contribution < 1.29 is 13.0 Å². The minimum Gasteiger partial charge on any atom is -0.243 e. The number of aromatic nitrogens is 2. The van der Waals surface area contributed by atoms with Gasteiger partial charge in [0.25, 0.3) is 0 Å². The van der Waals surface area contributed by atoms with E-state index in [0.29, 0.717) is 11.9 Å². The molecule has 6 nitrogen and oxygen atoms in total. The van der Waals surface area contributed by atoms with Crippen LogP contribution in [0, 0.1) is 0 Å². The van der Waals surface area contributed by atoms with Crippen LogP contribution in [0.3, 0.4) is 0 Å². The summed E-state index contributed by atoms with van der Waals surface area (Å²) in [6.45, 7) is 5.57. The Hall–Kier alpha value is -1.47. The van der Waals surface area contributed by atoms with Gasteiger partial charge < -0.3 is 0 Å². The second-order valence-electron chi connectivity index (χ2n) is 4.73. The second kappa shape index (κ2) is 4.33. The lowest BCUT2D eigenvalue weighted by Gasteiger charge is -2.24. The molecule has 0 fully saturated rings. The van der Waals surface area contributed by atoms with Crippen molar-refractivity contribution in [2.45, 2.75) is 37.6 Å². The van der Waals surface area contributed by atoms with Gasteiger partial charge in [-0.15, -0.1) is 0 Å². The number of rotatable bonds is 4. The number of sulfonamides is 1. The minimum atomic E-state index is -3.64. The van der Waals surface area contributed by atoms with E-state index in [1.54, 1.807) is 12.1 Å². The Morgan fingerprint density at radius 2 is 2.06 bits per heavy atom. The average molecular weight is 269 g/mol. The predicted molar refractivity (Wildman–Crippen MR) is 66.5 cm³/mol. The van der Waals surface area contributed by atoms with E-state index in [-0.39, 0.29) is 10.4 Å². The fourth-order valence-corrected chi connectivity index (χ4v) is 3.12. The van der Waals surface area contributed by atoms with Crippen molar-refractivity contribution in [2.24, 2.45) is 0 Å². The van der Waals surface area contributed by atoms with Gasteiger partial charge in [0.2, 0.25) is 10.0 Å². The SMILES string of the molecule is CCC(C)(C)NS(=O)(=O)c1cccc2nonc12. The zero-order valence-corrected chi connectivity index (χ0v) is 11.3. The van der Waals surface area contributed by atoms with Gasteiger partial charge in [-0.05, 0) is 42.7 Å². The maximum atomic E-state index is 12.3. The van der Waals surface area contributed by atoms with E-state index in [2.05, 4.69) is 19.7 Å². The molecule has 0 amide bonds. The molecule has 0 spiro atoms. The van der Waals surface area contributed by atoms with Crippen LogP contribution < -0.4 is 4.72 Å². The Morgan fingerprint density at radius 1 is 1.33 bits per heavy atom. The van der Waals surface area contributed by atoms with Crippen molar-refractivity contribution >= 4 is 21.1 Å². The second-order valence-corrected chi connectivity index (χ2v) is 6.38. The van der Waals surface area contributed by atoms with E-state index >= 15 is 0 Å². The lowest BCUT2D eigenvalue weighted by molar-refractivity contribution is 0.315. The lowest BCUT2D eigenvalue weighted by atomic mass is 10.0. The van der Waals surface area contributed by atoms with E-state index in [1.165, 1.54) is 6.07 Å². The number of nitrogens with zero attached hydrogens (tertiary/aromatic N) is 2. The van der Waals surface area contributed by atoms with Gasteiger partial charge in [0, 0.05) is 5.54 Å². The minimum absolute atomic E-state index is 0.0859. The third kappa shape index (κ3) is 2.37. The molecule has 0 atom stereocenters. The molecule has 18 heavy (non-hydrogen) atoms. The molecule has 0 radical (unpaired) electrons.